The van der Waals surface area contributed by atoms with E-state index in [2.05, 4.69) is 13.0 Å². The van der Waals surface area contributed by atoms with Gasteiger partial charge in [-0.05, 0) is 25.0 Å². The molecule has 1 atom stereocenters. The lowest BCUT2D eigenvalue weighted by atomic mass is 9.96. The molecule has 1 amide bonds. The first-order valence-electron chi connectivity index (χ1n) is 5.98. The number of rotatable bonds is 3. The third-order valence-electron chi connectivity index (χ3n) is 3.16. The predicted molar refractivity (Wildman–Crippen MR) is 66.8 cm³/mol. The molecule has 0 aromatic heterocycles. The Hall–Kier alpha value is -1.82. The number of nitriles is 1. The van der Waals surface area contributed by atoms with Crippen molar-refractivity contribution < 1.29 is 4.79 Å². The lowest BCUT2D eigenvalue weighted by molar-refractivity contribution is -0.119. The molecule has 1 aromatic rings. The number of nitrogens with zero attached hydrogens (tertiary/aromatic N) is 2. The number of amides is 1. The van der Waals surface area contributed by atoms with Crippen LogP contribution in [0, 0.1) is 18.3 Å². The zero-order valence-corrected chi connectivity index (χ0v) is 10.2. The number of aryl methyl sites for hydroxylation is 1. The van der Waals surface area contributed by atoms with Crippen LogP contribution in [-0.4, -0.2) is 12.5 Å². The molecule has 0 saturated heterocycles. The summed E-state index contributed by atoms with van der Waals surface area (Å²) in [6, 6.07) is 8.16. The molecule has 1 aliphatic heterocycles. The van der Waals surface area contributed by atoms with E-state index < -0.39 is 0 Å². The molecule has 2 rings (SSSR count). The minimum atomic E-state index is -0.263. The van der Waals surface area contributed by atoms with Crippen molar-refractivity contribution in [3.05, 3.63) is 29.3 Å². The van der Waals surface area contributed by atoms with Crippen LogP contribution in [0.25, 0.3) is 0 Å². The maximum Gasteiger partial charge on any atom is 0.235 e. The Labute approximate surface area is 102 Å². The summed E-state index contributed by atoms with van der Waals surface area (Å²) in [4.78, 5) is 14.0. The normalized spacial score (nSPS) is 18.1. The molecule has 1 aromatic carbocycles. The number of anilines is 1. The van der Waals surface area contributed by atoms with Gasteiger partial charge in [0.2, 0.25) is 5.91 Å². The highest BCUT2D eigenvalue weighted by Crippen LogP contribution is 2.39. The second kappa shape index (κ2) is 4.58. The molecule has 1 heterocycles. The first-order valence-corrected chi connectivity index (χ1v) is 5.98. The van der Waals surface area contributed by atoms with Crippen LogP contribution >= 0.6 is 0 Å². The Bertz CT molecular complexity index is 487. The Morgan fingerprint density at radius 3 is 2.88 bits per heavy atom. The van der Waals surface area contributed by atoms with Crippen molar-refractivity contribution in [3.63, 3.8) is 0 Å². The van der Waals surface area contributed by atoms with Crippen LogP contribution in [0.5, 0.6) is 0 Å². The van der Waals surface area contributed by atoms with Crippen LogP contribution < -0.4 is 4.90 Å². The summed E-state index contributed by atoms with van der Waals surface area (Å²) in [5.74, 6) is -0.185. The predicted octanol–water partition coefficient (Wildman–Crippen LogP) is 2.75. The van der Waals surface area contributed by atoms with Gasteiger partial charge in [0, 0.05) is 12.2 Å². The molecule has 0 aliphatic carbocycles. The molecule has 88 valence electrons. The topological polar surface area (TPSA) is 44.1 Å². The number of hydrogen-bond acceptors (Lipinski definition) is 2. The molecule has 0 radical (unpaired) electrons. The van der Waals surface area contributed by atoms with Gasteiger partial charge in [0.25, 0.3) is 0 Å². The Kier molecular flexibility index (Phi) is 3.14. The van der Waals surface area contributed by atoms with Gasteiger partial charge in [-0.15, -0.1) is 0 Å². The summed E-state index contributed by atoms with van der Waals surface area (Å²) in [5.41, 5.74) is 3.14. The summed E-state index contributed by atoms with van der Waals surface area (Å²) >= 11 is 0. The Morgan fingerprint density at radius 1 is 1.47 bits per heavy atom. The SMILES string of the molecule is CCCN1C(=O)[C@@H](CC#N)c2cc(C)ccc21. The van der Waals surface area contributed by atoms with E-state index in [-0.39, 0.29) is 18.2 Å². The molecule has 0 saturated carbocycles. The van der Waals surface area contributed by atoms with Crippen LogP contribution in [0.2, 0.25) is 0 Å². The summed E-state index contributed by atoms with van der Waals surface area (Å²) in [7, 11) is 0. The number of benzene rings is 1. The van der Waals surface area contributed by atoms with Crippen LogP contribution in [-0.2, 0) is 4.79 Å². The molecule has 0 bridgehead atoms. The van der Waals surface area contributed by atoms with Crippen LogP contribution in [0.4, 0.5) is 5.69 Å². The first kappa shape index (κ1) is 11.7. The number of carbonyl (C=O) groups excluding carboxylic acids is 1. The van der Waals surface area contributed by atoms with E-state index in [1.54, 1.807) is 0 Å². The molecule has 0 fully saturated rings. The first-order chi connectivity index (χ1) is 8.19. The van der Waals surface area contributed by atoms with Crippen LogP contribution in [0.15, 0.2) is 18.2 Å². The molecule has 0 N–H and O–H groups in total. The fraction of sp³-hybridized carbons (Fsp3) is 0.429. The van der Waals surface area contributed by atoms with Crippen LogP contribution in [0.1, 0.15) is 36.8 Å². The maximum absolute atomic E-state index is 12.2. The second-order valence-corrected chi connectivity index (χ2v) is 4.47. The average Bonchev–Trinajstić information content (AvgIpc) is 2.55. The Morgan fingerprint density at radius 2 is 2.24 bits per heavy atom. The van der Waals surface area contributed by atoms with Gasteiger partial charge in [0.15, 0.2) is 0 Å². The van der Waals surface area contributed by atoms with Gasteiger partial charge < -0.3 is 4.90 Å². The standard InChI is InChI=1S/C14H16N2O/c1-3-8-16-13-5-4-10(2)9-12(13)11(6-7-15)14(16)17/h4-5,9,11H,3,6,8H2,1-2H3/t11-/m0/s1. The molecule has 3 nitrogen and oxygen atoms in total. The van der Waals surface area contributed by atoms with Crippen molar-refractivity contribution >= 4 is 11.6 Å². The van der Waals surface area contributed by atoms with E-state index in [1.807, 2.05) is 30.0 Å². The van der Waals surface area contributed by atoms with E-state index >= 15 is 0 Å². The molecule has 0 unspecified atom stereocenters. The summed E-state index contributed by atoms with van der Waals surface area (Å²) in [6.45, 7) is 4.80. The van der Waals surface area contributed by atoms with E-state index in [0.717, 1.165) is 29.8 Å². The Balaban J connectivity index is 2.46. The van der Waals surface area contributed by atoms with Crippen molar-refractivity contribution in [1.82, 2.24) is 0 Å². The molecular weight excluding hydrogens is 212 g/mol. The third kappa shape index (κ3) is 1.91. The fourth-order valence-electron chi connectivity index (χ4n) is 2.38. The summed E-state index contributed by atoms with van der Waals surface area (Å²) in [6.07, 6.45) is 1.20. The van der Waals surface area contributed by atoms with Gasteiger partial charge in [0.05, 0.1) is 18.4 Å². The smallest absolute Gasteiger partial charge is 0.235 e. The highest BCUT2D eigenvalue weighted by molar-refractivity contribution is 6.05. The maximum atomic E-state index is 12.2. The second-order valence-electron chi connectivity index (χ2n) is 4.47. The van der Waals surface area contributed by atoms with Crippen molar-refractivity contribution in [2.24, 2.45) is 0 Å². The molecule has 17 heavy (non-hydrogen) atoms. The average molecular weight is 228 g/mol. The largest absolute Gasteiger partial charge is 0.312 e. The van der Waals surface area contributed by atoms with Gasteiger partial charge in [-0.2, -0.15) is 5.26 Å². The van der Waals surface area contributed by atoms with Gasteiger partial charge in [-0.3, -0.25) is 4.79 Å². The van der Waals surface area contributed by atoms with Gasteiger partial charge >= 0.3 is 0 Å². The van der Waals surface area contributed by atoms with E-state index in [0.29, 0.717) is 0 Å². The third-order valence-corrected chi connectivity index (χ3v) is 3.16. The van der Waals surface area contributed by atoms with E-state index in [1.165, 1.54) is 0 Å². The highest BCUT2D eigenvalue weighted by Gasteiger charge is 2.36. The monoisotopic (exact) mass is 228 g/mol. The molecular formula is C14H16N2O. The van der Waals surface area contributed by atoms with Crippen molar-refractivity contribution in [3.8, 4) is 6.07 Å². The minimum Gasteiger partial charge on any atom is -0.312 e. The van der Waals surface area contributed by atoms with Crippen molar-refractivity contribution in [2.45, 2.75) is 32.6 Å². The fourth-order valence-corrected chi connectivity index (χ4v) is 2.38. The van der Waals surface area contributed by atoms with E-state index in [9.17, 15) is 4.79 Å². The summed E-state index contributed by atoms with van der Waals surface area (Å²) in [5, 5.41) is 8.83. The minimum absolute atomic E-state index is 0.0778. The zero-order valence-electron chi connectivity index (χ0n) is 10.2. The highest BCUT2D eigenvalue weighted by atomic mass is 16.2. The molecule has 1 aliphatic rings. The zero-order chi connectivity index (χ0) is 12.4. The number of hydrogen-bond donors (Lipinski definition) is 0. The van der Waals surface area contributed by atoms with Gasteiger partial charge in [-0.25, -0.2) is 0 Å². The molecule has 0 spiro atoms. The van der Waals surface area contributed by atoms with Gasteiger partial charge in [-0.1, -0.05) is 24.6 Å². The summed E-state index contributed by atoms with van der Waals surface area (Å²) < 4.78 is 0. The number of carbonyl (C=O) groups is 1. The van der Waals surface area contributed by atoms with Crippen LogP contribution in [0.3, 0.4) is 0 Å². The van der Waals surface area contributed by atoms with Gasteiger partial charge in [0.1, 0.15) is 0 Å². The number of fused-ring (bicyclic) bond motifs is 1. The molecule has 3 heteroatoms. The lowest BCUT2D eigenvalue weighted by Gasteiger charge is -2.16. The van der Waals surface area contributed by atoms with Crippen molar-refractivity contribution in [1.29, 1.82) is 5.26 Å². The van der Waals surface area contributed by atoms with Crippen molar-refractivity contribution in [2.75, 3.05) is 11.4 Å². The quantitative estimate of drug-likeness (QED) is 0.798. The van der Waals surface area contributed by atoms with E-state index in [4.69, 9.17) is 5.26 Å². The lowest BCUT2D eigenvalue weighted by Crippen LogP contribution is -2.29.